The third kappa shape index (κ3) is 4.39. The van der Waals surface area contributed by atoms with Crippen LogP contribution in [0.3, 0.4) is 0 Å². The summed E-state index contributed by atoms with van der Waals surface area (Å²) in [6.07, 6.45) is 1.36. The van der Waals surface area contributed by atoms with E-state index in [2.05, 4.69) is 31.1 Å². The number of aromatic nitrogens is 2. The first kappa shape index (κ1) is 20.4. The van der Waals surface area contributed by atoms with Crippen LogP contribution in [0.2, 0.25) is 0 Å². The molecule has 0 aliphatic heterocycles. The molecule has 0 unspecified atom stereocenters. The summed E-state index contributed by atoms with van der Waals surface area (Å²) in [7, 11) is 3.01. The van der Waals surface area contributed by atoms with E-state index >= 15 is 0 Å². The first-order chi connectivity index (χ1) is 13.7. The number of benzene rings is 2. The van der Waals surface area contributed by atoms with Crippen molar-refractivity contribution in [3.63, 3.8) is 0 Å². The molecular formula is C22H25N3O4. The predicted octanol–water partition coefficient (Wildman–Crippen LogP) is 3.35. The number of hydrogen-bond acceptors (Lipinski definition) is 5. The van der Waals surface area contributed by atoms with Crippen LogP contribution >= 0.6 is 0 Å². The van der Waals surface area contributed by atoms with Crippen molar-refractivity contribution >= 4 is 22.5 Å². The molecule has 0 atom stereocenters. The van der Waals surface area contributed by atoms with Gasteiger partial charge in [-0.3, -0.25) is 14.2 Å². The topological polar surface area (TPSA) is 82.5 Å². The molecule has 0 saturated heterocycles. The van der Waals surface area contributed by atoms with Crippen LogP contribution in [0.15, 0.2) is 47.5 Å². The van der Waals surface area contributed by atoms with E-state index in [1.807, 2.05) is 24.3 Å². The van der Waals surface area contributed by atoms with Gasteiger partial charge in [0.2, 0.25) is 5.91 Å². The van der Waals surface area contributed by atoms with Gasteiger partial charge in [-0.15, -0.1) is 0 Å². The molecule has 1 heterocycles. The number of ether oxygens (including phenoxy) is 2. The summed E-state index contributed by atoms with van der Waals surface area (Å²) in [4.78, 5) is 29.5. The standard InChI is InChI=1S/C22H25N3O4/c1-22(2,3)14-6-8-15(9-7-14)24-20(26)12-25-13-23-17-11-19(29-5)18(28-4)10-16(17)21(25)27/h6-11,13H,12H2,1-5H3,(H,24,26). The molecule has 0 fully saturated rings. The van der Waals surface area contributed by atoms with Crippen molar-refractivity contribution in [2.45, 2.75) is 32.7 Å². The average Bonchev–Trinajstić information content (AvgIpc) is 2.69. The fourth-order valence-electron chi connectivity index (χ4n) is 3.01. The van der Waals surface area contributed by atoms with Gasteiger partial charge in [0, 0.05) is 11.8 Å². The third-order valence-electron chi connectivity index (χ3n) is 4.68. The van der Waals surface area contributed by atoms with Crippen LogP contribution in [-0.4, -0.2) is 29.7 Å². The zero-order valence-electron chi connectivity index (χ0n) is 17.3. The van der Waals surface area contributed by atoms with Crippen molar-refractivity contribution in [2.24, 2.45) is 0 Å². The highest BCUT2D eigenvalue weighted by atomic mass is 16.5. The molecule has 0 spiro atoms. The minimum Gasteiger partial charge on any atom is -0.493 e. The Morgan fingerprint density at radius 1 is 1.07 bits per heavy atom. The van der Waals surface area contributed by atoms with Crippen LogP contribution in [0.1, 0.15) is 26.3 Å². The first-order valence-electron chi connectivity index (χ1n) is 9.24. The quantitative estimate of drug-likeness (QED) is 0.716. The van der Waals surface area contributed by atoms with Crippen LogP contribution < -0.4 is 20.3 Å². The summed E-state index contributed by atoms with van der Waals surface area (Å²) in [6.45, 7) is 6.25. The molecule has 0 radical (unpaired) electrons. The summed E-state index contributed by atoms with van der Waals surface area (Å²) < 4.78 is 11.8. The van der Waals surface area contributed by atoms with Crippen molar-refractivity contribution in [2.75, 3.05) is 19.5 Å². The van der Waals surface area contributed by atoms with E-state index in [-0.39, 0.29) is 23.4 Å². The van der Waals surface area contributed by atoms with Crippen LogP contribution in [0, 0.1) is 0 Å². The van der Waals surface area contributed by atoms with Gasteiger partial charge in [0.1, 0.15) is 6.54 Å². The Hall–Kier alpha value is -3.35. The summed E-state index contributed by atoms with van der Waals surface area (Å²) in [6, 6.07) is 10.9. The van der Waals surface area contributed by atoms with Crippen molar-refractivity contribution in [1.29, 1.82) is 0 Å². The Balaban J connectivity index is 1.81. The summed E-state index contributed by atoms with van der Waals surface area (Å²) in [5.74, 6) is 0.610. The molecule has 1 N–H and O–H groups in total. The van der Waals surface area contributed by atoms with Gasteiger partial charge in [0.15, 0.2) is 11.5 Å². The molecule has 7 nitrogen and oxygen atoms in total. The summed E-state index contributed by atoms with van der Waals surface area (Å²) in [5.41, 5.74) is 2.04. The number of carbonyl (C=O) groups excluding carboxylic acids is 1. The molecular weight excluding hydrogens is 370 g/mol. The van der Waals surface area contributed by atoms with Gasteiger partial charge in [0.25, 0.3) is 5.56 Å². The number of amides is 1. The van der Waals surface area contributed by atoms with E-state index in [4.69, 9.17) is 9.47 Å². The molecule has 1 amide bonds. The van der Waals surface area contributed by atoms with Crippen molar-refractivity contribution in [1.82, 2.24) is 9.55 Å². The summed E-state index contributed by atoms with van der Waals surface area (Å²) in [5, 5.41) is 3.17. The molecule has 2 aromatic carbocycles. The number of carbonyl (C=O) groups is 1. The smallest absolute Gasteiger partial charge is 0.261 e. The minimum absolute atomic E-state index is 0.0380. The minimum atomic E-state index is -0.325. The van der Waals surface area contributed by atoms with E-state index in [9.17, 15) is 9.59 Å². The SMILES string of the molecule is COc1cc2ncn(CC(=O)Nc3ccc(C(C)(C)C)cc3)c(=O)c2cc1OC. The van der Waals surface area contributed by atoms with Gasteiger partial charge in [0.05, 0.1) is 31.4 Å². The number of fused-ring (bicyclic) bond motifs is 1. The Labute approximate surface area is 169 Å². The second-order valence-electron chi connectivity index (χ2n) is 7.78. The Morgan fingerprint density at radius 2 is 1.69 bits per heavy atom. The van der Waals surface area contributed by atoms with Gasteiger partial charge >= 0.3 is 0 Å². The summed E-state index contributed by atoms with van der Waals surface area (Å²) >= 11 is 0. The lowest BCUT2D eigenvalue weighted by atomic mass is 9.87. The van der Waals surface area contributed by atoms with Crippen LogP contribution in [0.25, 0.3) is 10.9 Å². The van der Waals surface area contributed by atoms with Crippen LogP contribution in [-0.2, 0) is 16.8 Å². The van der Waals surface area contributed by atoms with Crippen LogP contribution in [0.4, 0.5) is 5.69 Å². The Bertz CT molecular complexity index is 1100. The average molecular weight is 395 g/mol. The number of anilines is 1. The Kier molecular flexibility index (Phi) is 5.59. The van der Waals surface area contributed by atoms with Crippen LogP contribution in [0.5, 0.6) is 11.5 Å². The number of hydrogen-bond donors (Lipinski definition) is 1. The fourth-order valence-corrected chi connectivity index (χ4v) is 3.01. The molecule has 0 aliphatic rings. The van der Waals surface area contributed by atoms with Gasteiger partial charge in [-0.2, -0.15) is 0 Å². The molecule has 3 rings (SSSR count). The number of nitrogens with zero attached hydrogens (tertiary/aromatic N) is 2. The number of methoxy groups -OCH3 is 2. The maximum atomic E-state index is 12.8. The maximum Gasteiger partial charge on any atom is 0.261 e. The predicted molar refractivity (Wildman–Crippen MR) is 113 cm³/mol. The molecule has 29 heavy (non-hydrogen) atoms. The van der Waals surface area contributed by atoms with E-state index < -0.39 is 0 Å². The van der Waals surface area contributed by atoms with Crippen molar-refractivity contribution < 1.29 is 14.3 Å². The van der Waals surface area contributed by atoms with E-state index in [1.165, 1.54) is 30.7 Å². The molecule has 7 heteroatoms. The van der Waals surface area contributed by atoms with E-state index in [0.29, 0.717) is 28.1 Å². The number of nitrogens with one attached hydrogen (secondary N) is 1. The fraction of sp³-hybridized carbons (Fsp3) is 0.318. The maximum absolute atomic E-state index is 12.8. The molecule has 152 valence electrons. The van der Waals surface area contributed by atoms with E-state index in [0.717, 1.165) is 0 Å². The first-order valence-corrected chi connectivity index (χ1v) is 9.24. The monoisotopic (exact) mass is 395 g/mol. The largest absolute Gasteiger partial charge is 0.493 e. The Morgan fingerprint density at radius 3 is 2.28 bits per heavy atom. The lowest BCUT2D eigenvalue weighted by molar-refractivity contribution is -0.116. The highest BCUT2D eigenvalue weighted by Crippen LogP contribution is 2.29. The highest BCUT2D eigenvalue weighted by molar-refractivity contribution is 5.91. The normalized spacial score (nSPS) is 11.3. The number of rotatable bonds is 5. The molecule has 0 bridgehead atoms. The molecule has 1 aromatic heterocycles. The molecule has 0 saturated carbocycles. The zero-order chi connectivity index (χ0) is 21.2. The van der Waals surface area contributed by atoms with Gasteiger partial charge in [-0.1, -0.05) is 32.9 Å². The molecule has 0 aliphatic carbocycles. The molecule has 3 aromatic rings. The van der Waals surface area contributed by atoms with E-state index in [1.54, 1.807) is 12.1 Å². The third-order valence-corrected chi connectivity index (χ3v) is 4.68. The van der Waals surface area contributed by atoms with Crippen molar-refractivity contribution in [3.8, 4) is 11.5 Å². The second kappa shape index (κ2) is 7.95. The highest BCUT2D eigenvalue weighted by Gasteiger charge is 2.15. The van der Waals surface area contributed by atoms with Gasteiger partial charge < -0.3 is 14.8 Å². The van der Waals surface area contributed by atoms with Crippen molar-refractivity contribution in [3.05, 3.63) is 58.6 Å². The van der Waals surface area contributed by atoms with Gasteiger partial charge in [-0.25, -0.2) is 4.98 Å². The lowest BCUT2D eigenvalue weighted by Crippen LogP contribution is -2.28. The zero-order valence-corrected chi connectivity index (χ0v) is 17.3. The van der Waals surface area contributed by atoms with Gasteiger partial charge in [-0.05, 0) is 29.2 Å². The second-order valence-corrected chi connectivity index (χ2v) is 7.78. The lowest BCUT2D eigenvalue weighted by Gasteiger charge is -2.19.